The Bertz CT molecular complexity index is 475. The van der Waals surface area contributed by atoms with Crippen LogP contribution in [-0.4, -0.2) is 32.9 Å². The van der Waals surface area contributed by atoms with E-state index in [0.29, 0.717) is 16.5 Å². The summed E-state index contributed by atoms with van der Waals surface area (Å²) in [5.74, 6) is 0.670. The SMILES string of the molecule is COc1ccccc1CC(C)N(C)S(=O)(=O)F. The molecule has 0 aliphatic heterocycles. The second-order valence-electron chi connectivity index (χ2n) is 3.82. The predicted octanol–water partition coefficient (Wildman–Crippen LogP) is 1.77. The molecule has 0 spiro atoms. The summed E-state index contributed by atoms with van der Waals surface area (Å²) in [7, 11) is -1.89. The summed E-state index contributed by atoms with van der Waals surface area (Å²) < 4.78 is 40.1. The highest BCUT2D eigenvalue weighted by Gasteiger charge is 2.23. The van der Waals surface area contributed by atoms with Crippen molar-refractivity contribution in [3.05, 3.63) is 29.8 Å². The van der Waals surface area contributed by atoms with E-state index in [4.69, 9.17) is 4.74 Å². The van der Waals surface area contributed by atoms with Crippen LogP contribution in [0.1, 0.15) is 12.5 Å². The number of nitrogens with zero attached hydrogens (tertiary/aromatic N) is 1. The van der Waals surface area contributed by atoms with Crippen LogP contribution in [0.3, 0.4) is 0 Å². The lowest BCUT2D eigenvalue weighted by molar-refractivity contribution is 0.356. The van der Waals surface area contributed by atoms with Crippen LogP contribution < -0.4 is 4.74 Å². The highest BCUT2D eigenvalue weighted by atomic mass is 32.3. The summed E-state index contributed by atoms with van der Waals surface area (Å²) in [5, 5.41) is 0. The number of ether oxygens (including phenoxy) is 1. The number of para-hydroxylation sites is 1. The van der Waals surface area contributed by atoms with Crippen molar-refractivity contribution in [2.45, 2.75) is 19.4 Å². The van der Waals surface area contributed by atoms with Crippen molar-refractivity contribution in [2.75, 3.05) is 14.2 Å². The summed E-state index contributed by atoms with van der Waals surface area (Å²) in [4.78, 5) is 0. The molecule has 96 valence electrons. The lowest BCUT2D eigenvalue weighted by atomic mass is 10.1. The van der Waals surface area contributed by atoms with Gasteiger partial charge in [0.25, 0.3) is 0 Å². The van der Waals surface area contributed by atoms with E-state index in [1.165, 1.54) is 7.05 Å². The molecule has 6 heteroatoms. The third kappa shape index (κ3) is 3.67. The zero-order chi connectivity index (χ0) is 13.1. The van der Waals surface area contributed by atoms with Crippen LogP contribution in [0.5, 0.6) is 5.75 Å². The number of hydrogen-bond donors (Lipinski definition) is 0. The van der Waals surface area contributed by atoms with Gasteiger partial charge in [-0.15, -0.1) is 0 Å². The van der Waals surface area contributed by atoms with Crippen LogP contribution in [-0.2, 0) is 16.8 Å². The maximum absolute atomic E-state index is 12.8. The number of halogens is 1. The van der Waals surface area contributed by atoms with E-state index >= 15 is 0 Å². The molecule has 0 fully saturated rings. The van der Waals surface area contributed by atoms with Crippen LogP contribution in [0.4, 0.5) is 3.89 Å². The lowest BCUT2D eigenvalue weighted by Crippen LogP contribution is -2.34. The first kappa shape index (κ1) is 13.9. The van der Waals surface area contributed by atoms with E-state index in [-0.39, 0.29) is 0 Å². The van der Waals surface area contributed by atoms with Gasteiger partial charge < -0.3 is 4.74 Å². The van der Waals surface area contributed by atoms with Gasteiger partial charge in [-0.1, -0.05) is 22.1 Å². The first-order valence-corrected chi connectivity index (χ1v) is 6.49. The molecule has 0 heterocycles. The highest BCUT2D eigenvalue weighted by Crippen LogP contribution is 2.21. The minimum Gasteiger partial charge on any atom is -0.496 e. The van der Waals surface area contributed by atoms with E-state index in [9.17, 15) is 12.3 Å². The fourth-order valence-electron chi connectivity index (χ4n) is 1.53. The topological polar surface area (TPSA) is 46.6 Å². The van der Waals surface area contributed by atoms with Crippen molar-refractivity contribution in [3.8, 4) is 5.75 Å². The summed E-state index contributed by atoms with van der Waals surface area (Å²) in [6.45, 7) is 1.64. The van der Waals surface area contributed by atoms with Crippen LogP contribution in [0, 0.1) is 0 Å². The van der Waals surface area contributed by atoms with Gasteiger partial charge >= 0.3 is 10.4 Å². The van der Waals surface area contributed by atoms with Crippen molar-refractivity contribution in [1.29, 1.82) is 0 Å². The molecule has 0 saturated carbocycles. The summed E-state index contributed by atoms with van der Waals surface area (Å²) in [5.41, 5.74) is 0.845. The minimum atomic E-state index is -4.65. The lowest BCUT2D eigenvalue weighted by Gasteiger charge is -2.20. The molecular formula is C11H16FNO3S. The van der Waals surface area contributed by atoms with Gasteiger partial charge in [-0.2, -0.15) is 12.7 Å². The third-order valence-corrected chi connectivity index (χ3v) is 3.72. The average molecular weight is 261 g/mol. The molecule has 1 aromatic rings. The molecule has 1 rings (SSSR count). The Hall–Kier alpha value is -1.14. The fraction of sp³-hybridized carbons (Fsp3) is 0.455. The number of likely N-dealkylation sites (N-methyl/N-ethyl adjacent to an activating group) is 1. The molecule has 1 unspecified atom stereocenters. The Kier molecular flexibility index (Phi) is 4.47. The van der Waals surface area contributed by atoms with Gasteiger partial charge in [-0.3, -0.25) is 0 Å². The van der Waals surface area contributed by atoms with Crippen molar-refractivity contribution >= 4 is 10.4 Å². The van der Waals surface area contributed by atoms with Gasteiger partial charge in [0.05, 0.1) is 7.11 Å². The molecular weight excluding hydrogens is 245 g/mol. The largest absolute Gasteiger partial charge is 0.496 e. The fourth-order valence-corrected chi connectivity index (χ4v) is 2.04. The summed E-state index contributed by atoms with van der Waals surface area (Å²) >= 11 is 0. The Labute approximate surface area is 101 Å². The zero-order valence-electron chi connectivity index (χ0n) is 10.1. The maximum atomic E-state index is 12.8. The molecule has 0 aromatic heterocycles. The molecule has 0 radical (unpaired) electrons. The summed E-state index contributed by atoms with van der Waals surface area (Å²) in [6.07, 6.45) is 0.393. The zero-order valence-corrected chi connectivity index (χ0v) is 10.9. The smallest absolute Gasteiger partial charge is 0.374 e. The molecule has 0 aliphatic rings. The molecule has 0 N–H and O–H groups in total. The Morgan fingerprint density at radius 1 is 1.41 bits per heavy atom. The second-order valence-corrected chi connectivity index (χ2v) is 5.22. The first-order chi connectivity index (χ1) is 7.86. The van der Waals surface area contributed by atoms with E-state index < -0.39 is 16.5 Å². The van der Waals surface area contributed by atoms with Crippen LogP contribution in [0.25, 0.3) is 0 Å². The maximum Gasteiger partial charge on any atom is 0.374 e. The molecule has 0 saturated heterocycles. The van der Waals surface area contributed by atoms with Gasteiger partial charge in [0.2, 0.25) is 0 Å². The van der Waals surface area contributed by atoms with E-state index in [1.807, 2.05) is 18.2 Å². The Balaban J connectivity index is 2.84. The Morgan fingerprint density at radius 3 is 2.53 bits per heavy atom. The van der Waals surface area contributed by atoms with Crippen molar-refractivity contribution < 1.29 is 17.0 Å². The molecule has 0 amide bonds. The van der Waals surface area contributed by atoms with Gasteiger partial charge in [0.15, 0.2) is 0 Å². The monoisotopic (exact) mass is 261 g/mol. The van der Waals surface area contributed by atoms with Crippen LogP contribution >= 0.6 is 0 Å². The Morgan fingerprint density at radius 2 is 2.00 bits per heavy atom. The number of rotatable bonds is 5. The van der Waals surface area contributed by atoms with Crippen molar-refractivity contribution in [2.24, 2.45) is 0 Å². The molecule has 17 heavy (non-hydrogen) atoms. The molecule has 1 atom stereocenters. The number of benzene rings is 1. The summed E-state index contributed by atoms with van der Waals surface area (Å²) in [6, 6.07) is 6.79. The van der Waals surface area contributed by atoms with Gasteiger partial charge in [-0.25, -0.2) is 0 Å². The molecule has 4 nitrogen and oxygen atoms in total. The van der Waals surface area contributed by atoms with E-state index in [1.54, 1.807) is 20.1 Å². The predicted molar refractivity (Wildman–Crippen MR) is 64.0 cm³/mol. The van der Waals surface area contributed by atoms with Gasteiger partial charge in [0.1, 0.15) is 5.75 Å². The minimum absolute atomic E-state index is 0.393. The standard InChI is InChI=1S/C11H16FNO3S/c1-9(13(2)17(12,14)15)8-10-6-4-5-7-11(10)16-3/h4-7,9H,8H2,1-3H3. The number of methoxy groups -OCH3 is 1. The molecule has 1 aromatic carbocycles. The second kappa shape index (κ2) is 5.46. The highest BCUT2D eigenvalue weighted by molar-refractivity contribution is 7.83. The quantitative estimate of drug-likeness (QED) is 0.759. The number of hydrogen-bond acceptors (Lipinski definition) is 3. The molecule has 0 aliphatic carbocycles. The van der Waals surface area contributed by atoms with Gasteiger partial charge in [0, 0.05) is 13.1 Å². The third-order valence-electron chi connectivity index (χ3n) is 2.67. The van der Waals surface area contributed by atoms with Crippen molar-refractivity contribution in [3.63, 3.8) is 0 Å². The van der Waals surface area contributed by atoms with Crippen LogP contribution in [0.2, 0.25) is 0 Å². The average Bonchev–Trinajstić information content (AvgIpc) is 2.27. The van der Waals surface area contributed by atoms with E-state index in [0.717, 1.165) is 5.56 Å². The first-order valence-electron chi connectivity index (χ1n) is 5.15. The van der Waals surface area contributed by atoms with Gasteiger partial charge in [-0.05, 0) is 25.0 Å². The van der Waals surface area contributed by atoms with E-state index in [2.05, 4.69) is 0 Å². The van der Waals surface area contributed by atoms with Crippen LogP contribution in [0.15, 0.2) is 24.3 Å². The van der Waals surface area contributed by atoms with Crippen molar-refractivity contribution in [1.82, 2.24) is 4.31 Å². The molecule has 0 bridgehead atoms. The normalized spacial score (nSPS) is 13.7.